The van der Waals surface area contributed by atoms with Crippen LogP contribution in [0.3, 0.4) is 0 Å². The molecule has 2 aromatic rings. The highest BCUT2D eigenvalue weighted by Gasteiger charge is 2.41. The van der Waals surface area contributed by atoms with E-state index in [2.05, 4.69) is 17.1 Å². The number of hydrogen-bond donors (Lipinski definition) is 1. The lowest BCUT2D eigenvalue weighted by atomic mass is 9.94. The maximum Gasteiger partial charge on any atom is 0.416 e. The number of benzene rings is 2. The topological polar surface area (TPSA) is 82.2 Å². The third kappa shape index (κ3) is 7.07. The first-order valence-corrected chi connectivity index (χ1v) is 15.4. The fraction of sp³-hybridized carbons (Fsp3) is 0.545. The standard InChI is InChI=1S/C33H40F2N4O4/c1-33(10-11-33)27-9-8-25(16-28(27)35)24-6-4-22(5-7-24)18-36-31(41)29-17-26(34)20-38(29)14-15-43-32(42)39-13-12-37(21-30(39)40)19-23-2-3-23/h4-9,16,23,26,29H,2-3,10-15,17-21H2,1H3,(H,36,41). The summed E-state index contributed by atoms with van der Waals surface area (Å²) < 4.78 is 34.4. The van der Waals surface area contributed by atoms with Gasteiger partial charge in [-0.1, -0.05) is 43.3 Å². The molecule has 2 saturated carbocycles. The number of rotatable bonds is 10. The molecular weight excluding hydrogens is 554 g/mol. The first kappa shape index (κ1) is 29.7. The summed E-state index contributed by atoms with van der Waals surface area (Å²) >= 11 is 0. The second kappa shape index (κ2) is 12.3. The summed E-state index contributed by atoms with van der Waals surface area (Å²) in [6.45, 7) is 4.67. The minimum atomic E-state index is -1.15. The Labute approximate surface area is 251 Å². The molecule has 2 atom stereocenters. The molecule has 0 aromatic heterocycles. The molecule has 2 aliphatic carbocycles. The summed E-state index contributed by atoms with van der Waals surface area (Å²) in [5.74, 6) is -0.0528. The zero-order chi connectivity index (χ0) is 30.1. The molecule has 4 aliphatic rings. The van der Waals surface area contributed by atoms with E-state index < -0.39 is 18.3 Å². The van der Waals surface area contributed by atoms with E-state index in [1.54, 1.807) is 11.0 Å². The molecule has 43 heavy (non-hydrogen) atoms. The van der Waals surface area contributed by atoms with Crippen molar-refractivity contribution in [3.8, 4) is 11.1 Å². The van der Waals surface area contributed by atoms with E-state index in [0.29, 0.717) is 19.0 Å². The van der Waals surface area contributed by atoms with Crippen molar-refractivity contribution in [3.05, 3.63) is 59.4 Å². The van der Waals surface area contributed by atoms with E-state index >= 15 is 0 Å². The quantitative estimate of drug-likeness (QED) is 0.443. The lowest BCUT2D eigenvalue weighted by Crippen LogP contribution is -2.53. The van der Waals surface area contributed by atoms with Gasteiger partial charge in [0.2, 0.25) is 11.8 Å². The summed E-state index contributed by atoms with van der Waals surface area (Å²) in [5, 5.41) is 2.90. The second-order valence-corrected chi connectivity index (χ2v) is 12.9. The molecule has 0 radical (unpaired) electrons. The van der Waals surface area contributed by atoms with Gasteiger partial charge in [-0.05, 0) is 65.3 Å². The van der Waals surface area contributed by atoms with Crippen LogP contribution in [0.15, 0.2) is 42.5 Å². The molecule has 0 bridgehead atoms. The van der Waals surface area contributed by atoms with Crippen LogP contribution >= 0.6 is 0 Å². The number of ether oxygens (including phenoxy) is 1. The van der Waals surface area contributed by atoms with Crippen LogP contribution in [0.5, 0.6) is 0 Å². The Bertz CT molecular complexity index is 1360. The van der Waals surface area contributed by atoms with E-state index in [1.807, 2.05) is 36.4 Å². The highest BCUT2D eigenvalue weighted by Crippen LogP contribution is 2.48. The lowest BCUT2D eigenvalue weighted by molar-refractivity contribution is -0.134. The predicted octanol–water partition coefficient (Wildman–Crippen LogP) is 4.26. The molecule has 0 spiro atoms. The molecular formula is C33H40F2N4O4. The second-order valence-electron chi connectivity index (χ2n) is 12.9. The van der Waals surface area contributed by atoms with Crippen LogP contribution < -0.4 is 5.32 Å². The molecule has 2 aromatic carbocycles. The van der Waals surface area contributed by atoms with E-state index in [1.165, 1.54) is 12.8 Å². The minimum Gasteiger partial charge on any atom is -0.448 e. The van der Waals surface area contributed by atoms with Gasteiger partial charge in [0.1, 0.15) is 18.6 Å². The van der Waals surface area contributed by atoms with Gasteiger partial charge in [-0.25, -0.2) is 18.5 Å². The summed E-state index contributed by atoms with van der Waals surface area (Å²) in [6.07, 6.45) is 2.67. The van der Waals surface area contributed by atoms with E-state index in [-0.39, 0.29) is 62.3 Å². The molecule has 2 aliphatic heterocycles. The van der Waals surface area contributed by atoms with Gasteiger partial charge >= 0.3 is 6.09 Å². The van der Waals surface area contributed by atoms with Crippen molar-refractivity contribution in [2.75, 3.05) is 45.9 Å². The van der Waals surface area contributed by atoms with Gasteiger partial charge in [-0.15, -0.1) is 0 Å². The molecule has 8 nitrogen and oxygen atoms in total. The number of piperazine rings is 1. The average Bonchev–Trinajstić information content (AvgIpc) is 3.92. The van der Waals surface area contributed by atoms with Gasteiger partial charge in [-0.2, -0.15) is 0 Å². The Kier molecular flexibility index (Phi) is 8.51. The fourth-order valence-corrected chi connectivity index (χ4v) is 6.20. The third-order valence-corrected chi connectivity index (χ3v) is 9.37. The Morgan fingerprint density at radius 1 is 1.07 bits per heavy atom. The number of nitrogens with zero attached hydrogens (tertiary/aromatic N) is 3. The molecule has 2 unspecified atom stereocenters. The van der Waals surface area contributed by atoms with Crippen LogP contribution in [-0.2, 0) is 26.3 Å². The first-order valence-electron chi connectivity index (χ1n) is 15.4. The summed E-state index contributed by atoms with van der Waals surface area (Å²) in [7, 11) is 0. The van der Waals surface area contributed by atoms with Crippen molar-refractivity contribution in [2.45, 2.75) is 63.2 Å². The smallest absolute Gasteiger partial charge is 0.416 e. The molecule has 10 heteroatoms. The molecule has 2 saturated heterocycles. The normalized spacial score (nSPS) is 23.8. The van der Waals surface area contributed by atoms with Gasteiger partial charge in [0.05, 0.1) is 12.6 Å². The van der Waals surface area contributed by atoms with Crippen molar-refractivity contribution < 1.29 is 27.9 Å². The number of nitrogens with one attached hydrogen (secondary N) is 1. The van der Waals surface area contributed by atoms with E-state index in [9.17, 15) is 23.2 Å². The molecule has 6 rings (SSSR count). The van der Waals surface area contributed by atoms with Gasteiger partial charge in [0.15, 0.2) is 0 Å². The van der Waals surface area contributed by atoms with Crippen LogP contribution in [-0.4, -0.2) is 90.7 Å². The highest BCUT2D eigenvalue weighted by atomic mass is 19.1. The number of amides is 3. The van der Waals surface area contributed by atoms with Crippen molar-refractivity contribution in [3.63, 3.8) is 0 Å². The largest absolute Gasteiger partial charge is 0.448 e. The van der Waals surface area contributed by atoms with Crippen LogP contribution in [0, 0.1) is 11.7 Å². The highest BCUT2D eigenvalue weighted by molar-refractivity contribution is 5.93. The maximum absolute atomic E-state index is 14.7. The van der Waals surface area contributed by atoms with Crippen molar-refractivity contribution in [1.82, 2.24) is 20.0 Å². The van der Waals surface area contributed by atoms with Gasteiger partial charge in [0, 0.05) is 45.7 Å². The number of imide groups is 1. The molecule has 230 valence electrons. The number of likely N-dealkylation sites (tertiary alicyclic amines) is 1. The Morgan fingerprint density at radius 3 is 2.49 bits per heavy atom. The number of alkyl halides is 1. The lowest BCUT2D eigenvalue weighted by Gasteiger charge is -2.32. The number of carbonyl (C=O) groups is 3. The summed E-state index contributed by atoms with van der Waals surface area (Å²) in [5.41, 5.74) is 3.31. The third-order valence-electron chi connectivity index (χ3n) is 9.37. The van der Waals surface area contributed by atoms with Crippen LogP contribution in [0.4, 0.5) is 13.6 Å². The molecule has 1 N–H and O–H groups in total. The van der Waals surface area contributed by atoms with Crippen molar-refractivity contribution in [1.29, 1.82) is 0 Å². The van der Waals surface area contributed by atoms with E-state index in [0.717, 1.165) is 46.5 Å². The van der Waals surface area contributed by atoms with Gasteiger partial charge in [0.25, 0.3) is 0 Å². The number of carbonyl (C=O) groups excluding carboxylic acids is 3. The zero-order valence-corrected chi connectivity index (χ0v) is 24.7. The Balaban J connectivity index is 0.957. The molecule has 2 heterocycles. The van der Waals surface area contributed by atoms with Crippen molar-refractivity contribution in [2.24, 2.45) is 5.92 Å². The minimum absolute atomic E-state index is 0.0305. The van der Waals surface area contributed by atoms with Crippen LogP contribution in [0.2, 0.25) is 0 Å². The number of hydrogen-bond acceptors (Lipinski definition) is 6. The SMILES string of the molecule is CC1(c2ccc(-c3ccc(CNC(=O)C4CC(F)CN4CCOC(=O)N4CCN(CC5CC5)CC4=O)cc3)cc2F)CC1. The summed E-state index contributed by atoms with van der Waals surface area (Å²) in [6, 6.07) is 12.3. The predicted molar refractivity (Wildman–Crippen MR) is 157 cm³/mol. The van der Waals surface area contributed by atoms with Gasteiger partial charge in [-0.3, -0.25) is 19.4 Å². The van der Waals surface area contributed by atoms with E-state index in [4.69, 9.17) is 4.74 Å². The zero-order valence-electron chi connectivity index (χ0n) is 24.7. The Hall–Kier alpha value is -3.37. The first-order chi connectivity index (χ1) is 20.7. The van der Waals surface area contributed by atoms with Gasteiger partial charge < -0.3 is 10.1 Å². The maximum atomic E-state index is 14.7. The monoisotopic (exact) mass is 594 g/mol. The van der Waals surface area contributed by atoms with Crippen LogP contribution in [0.25, 0.3) is 11.1 Å². The molecule has 3 amide bonds. The van der Waals surface area contributed by atoms with Crippen LogP contribution in [0.1, 0.15) is 50.2 Å². The van der Waals surface area contributed by atoms with Crippen molar-refractivity contribution >= 4 is 17.9 Å². The fourth-order valence-electron chi connectivity index (χ4n) is 6.20. The molecule has 4 fully saturated rings. The average molecular weight is 595 g/mol. The Morgan fingerprint density at radius 2 is 1.81 bits per heavy atom. The summed E-state index contributed by atoms with van der Waals surface area (Å²) in [4.78, 5) is 42.9. The number of halogens is 2.